The van der Waals surface area contributed by atoms with Crippen molar-refractivity contribution in [3.05, 3.63) is 73.1 Å². The van der Waals surface area contributed by atoms with Crippen molar-refractivity contribution in [1.82, 2.24) is 13.9 Å². The number of carbonyl (C=O) groups is 2. The number of aryl methyl sites for hydroxylation is 2. The van der Waals surface area contributed by atoms with Crippen molar-refractivity contribution < 1.29 is 14.7 Å². The van der Waals surface area contributed by atoms with Gasteiger partial charge in [-0.05, 0) is 61.1 Å². The van der Waals surface area contributed by atoms with Crippen LogP contribution in [0, 0.1) is 25.2 Å². The highest BCUT2D eigenvalue weighted by atomic mass is 16.3. The summed E-state index contributed by atoms with van der Waals surface area (Å²) >= 11 is 0. The third-order valence-electron chi connectivity index (χ3n) is 7.98. The molecule has 0 saturated heterocycles. The van der Waals surface area contributed by atoms with Gasteiger partial charge < -0.3 is 5.11 Å². The highest BCUT2D eigenvalue weighted by molar-refractivity contribution is 6.13. The van der Waals surface area contributed by atoms with Crippen molar-refractivity contribution in [1.29, 1.82) is 0 Å². The molecule has 2 aromatic rings. The minimum Gasteiger partial charge on any atom is -0.507 e. The standard InChI is InChI=1S/C25H27N3O5/c1-12-8-15(9-13(2)21(12)30)20-16-6-7-27-23(32)26(5)24(33)28(27)18(16)11-17-22(31)14(3)10-19(29)25(17,20)4/h6,8-10,17-18,20,30H,7,11H2,1-5H3/t17-,18+,20-,25-/m0/s1. The summed E-state index contributed by atoms with van der Waals surface area (Å²) in [6.07, 6.45) is 3.65. The summed E-state index contributed by atoms with van der Waals surface area (Å²) in [6, 6.07) is 3.20. The van der Waals surface area contributed by atoms with E-state index in [0.717, 1.165) is 15.7 Å². The number of carbonyl (C=O) groups excluding carboxylic acids is 2. The molecule has 0 unspecified atom stereocenters. The molecule has 172 valence electrons. The number of Topliss-reactive ketones (excluding diaryl/α,β-unsaturated/α-hetero) is 1. The first-order chi connectivity index (χ1) is 15.5. The predicted molar refractivity (Wildman–Crippen MR) is 121 cm³/mol. The molecule has 1 aromatic heterocycles. The molecule has 1 fully saturated rings. The van der Waals surface area contributed by atoms with Gasteiger partial charge in [0.1, 0.15) is 5.75 Å². The van der Waals surface area contributed by atoms with E-state index < -0.39 is 34.7 Å². The zero-order chi connectivity index (χ0) is 24.0. The summed E-state index contributed by atoms with van der Waals surface area (Å²) in [5.41, 5.74) is 1.59. The molecule has 0 bridgehead atoms. The fourth-order valence-electron chi connectivity index (χ4n) is 6.19. The summed E-state index contributed by atoms with van der Waals surface area (Å²) in [5, 5.41) is 10.4. The van der Waals surface area contributed by atoms with Crippen LogP contribution in [0.15, 0.2) is 45.0 Å². The monoisotopic (exact) mass is 449 g/mol. The molecule has 4 atom stereocenters. The number of hydrogen-bond donors (Lipinski definition) is 1. The van der Waals surface area contributed by atoms with Crippen molar-refractivity contribution >= 4 is 11.6 Å². The first-order valence-corrected chi connectivity index (χ1v) is 11.1. The number of rotatable bonds is 1. The van der Waals surface area contributed by atoms with Gasteiger partial charge in [0.2, 0.25) is 0 Å². The van der Waals surface area contributed by atoms with Gasteiger partial charge in [0.05, 0.1) is 18.0 Å². The van der Waals surface area contributed by atoms with Crippen LogP contribution in [0.1, 0.15) is 48.9 Å². The van der Waals surface area contributed by atoms with Gasteiger partial charge in [-0.25, -0.2) is 23.5 Å². The number of aromatic nitrogens is 3. The SMILES string of the molecule is CC1=CC(=O)[C@@]2(C)[C@@H](c3cc(C)c(O)c(C)c3)C3=CCn4c(=O)n(C)c(=O)n4[C@@H]3C[C@H]2C1=O. The number of benzene rings is 1. The maximum Gasteiger partial charge on any atom is 0.347 e. The Kier molecular flexibility index (Phi) is 4.41. The number of aromatic hydroxyl groups is 1. The van der Waals surface area contributed by atoms with Crippen molar-refractivity contribution in [2.45, 2.75) is 52.6 Å². The first-order valence-electron chi connectivity index (χ1n) is 11.1. The lowest BCUT2D eigenvalue weighted by atomic mass is 9.51. The van der Waals surface area contributed by atoms with Gasteiger partial charge in [0.15, 0.2) is 11.6 Å². The van der Waals surface area contributed by atoms with Crippen LogP contribution < -0.4 is 11.4 Å². The van der Waals surface area contributed by atoms with Crippen LogP contribution in [0.5, 0.6) is 5.75 Å². The number of hydrogen-bond acceptors (Lipinski definition) is 5. The number of ketones is 2. The van der Waals surface area contributed by atoms with Crippen LogP contribution in [0.4, 0.5) is 0 Å². The van der Waals surface area contributed by atoms with Gasteiger partial charge >= 0.3 is 11.4 Å². The van der Waals surface area contributed by atoms with Crippen LogP contribution in [-0.2, 0) is 23.2 Å². The molecule has 33 heavy (non-hydrogen) atoms. The molecule has 0 radical (unpaired) electrons. The summed E-state index contributed by atoms with van der Waals surface area (Å²) in [4.78, 5) is 52.6. The third-order valence-corrected chi connectivity index (χ3v) is 7.98. The van der Waals surface area contributed by atoms with Crippen LogP contribution >= 0.6 is 0 Å². The lowest BCUT2D eigenvalue weighted by Gasteiger charge is -2.52. The Hall–Kier alpha value is -3.42. The largest absolute Gasteiger partial charge is 0.507 e. The van der Waals surface area contributed by atoms with Crippen molar-refractivity contribution in [3.8, 4) is 5.75 Å². The van der Waals surface area contributed by atoms with Gasteiger partial charge in [-0.15, -0.1) is 0 Å². The van der Waals surface area contributed by atoms with E-state index in [0.29, 0.717) is 16.7 Å². The predicted octanol–water partition coefficient (Wildman–Crippen LogP) is 2.06. The maximum absolute atomic E-state index is 13.5. The Balaban J connectivity index is 1.81. The molecule has 1 aliphatic heterocycles. The molecule has 3 aliphatic rings. The van der Waals surface area contributed by atoms with Crippen LogP contribution in [0.2, 0.25) is 0 Å². The Bertz CT molecular complexity index is 1410. The molecule has 1 N–H and O–H groups in total. The Labute approximate surface area is 190 Å². The van der Waals surface area contributed by atoms with E-state index in [-0.39, 0.29) is 30.3 Å². The fourth-order valence-corrected chi connectivity index (χ4v) is 6.19. The number of phenolic OH excluding ortho intramolecular Hbond substituents is 1. The molecule has 8 nitrogen and oxygen atoms in total. The average Bonchev–Trinajstić information content (AvgIpc) is 2.99. The normalized spacial score (nSPS) is 28.6. The molecule has 5 rings (SSSR count). The second-order valence-electron chi connectivity index (χ2n) is 9.83. The Morgan fingerprint density at radius 2 is 1.67 bits per heavy atom. The summed E-state index contributed by atoms with van der Waals surface area (Å²) in [7, 11) is 1.45. The van der Waals surface area contributed by atoms with Gasteiger partial charge in [0.25, 0.3) is 0 Å². The lowest BCUT2D eigenvalue weighted by Crippen LogP contribution is -2.54. The van der Waals surface area contributed by atoms with E-state index in [1.54, 1.807) is 20.8 Å². The van der Waals surface area contributed by atoms with Gasteiger partial charge in [-0.2, -0.15) is 0 Å². The molecule has 8 heteroatoms. The van der Waals surface area contributed by atoms with Gasteiger partial charge in [-0.1, -0.05) is 25.1 Å². The lowest BCUT2D eigenvalue weighted by molar-refractivity contribution is -0.139. The Morgan fingerprint density at radius 3 is 2.30 bits per heavy atom. The van der Waals surface area contributed by atoms with Crippen molar-refractivity contribution in [2.75, 3.05) is 0 Å². The summed E-state index contributed by atoms with van der Waals surface area (Å²) in [6.45, 7) is 7.32. The molecule has 0 amide bonds. The number of allylic oxidation sites excluding steroid dienone is 4. The van der Waals surface area contributed by atoms with E-state index in [1.165, 1.54) is 22.5 Å². The molecular weight excluding hydrogens is 422 g/mol. The average molecular weight is 450 g/mol. The topological polar surface area (TPSA) is 103 Å². The quantitative estimate of drug-likeness (QED) is 0.672. The minimum absolute atomic E-state index is 0.100. The highest BCUT2D eigenvalue weighted by Crippen LogP contribution is 2.59. The van der Waals surface area contributed by atoms with Crippen molar-refractivity contribution in [3.63, 3.8) is 0 Å². The zero-order valence-corrected chi connectivity index (χ0v) is 19.4. The molecule has 1 saturated carbocycles. The van der Waals surface area contributed by atoms with E-state index in [4.69, 9.17) is 0 Å². The number of nitrogens with zero attached hydrogens (tertiary/aromatic N) is 3. The Morgan fingerprint density at radius 1 is 1.03 bits per heavy atom. The van der Waals surface area contributed by atoms with Crippen LogP contribution in [-0.4, -0.2) is 30.6 Å². The highest BCUT2D eigenvalue weighted by Gasteiger charge is 2.59. The van der Waals surface area contributed by atoms with Gasteiger partial charge in [-0.3, -0.25) is 9.59 Å². The summed E-state index contributed by atoms with van der Waals surface area (Å²) < 4.78 is 3.94. The van der Waals surface area contributed by atoms with Crippen molar-refractivity contribution in [2.24, 2.45) is 18.4 Å². The number of phenols is 1. The maximum atomic E-state index is 13.5. The third kappa shape index (κ3) is 2.63. The smallest absolute Gasteiger partial charge is 0.347 e. The molecule has 2 heterocycles. The van der Waals surface area contributed by atoms with Gasteiger partial charge in [0, 0.05) is 18.9 Å². The molecule has 2 aliphatic carbocycles. The fraction of sp³-hybridized carbons (Fsp3) is 0.440. The van der Waals surface area contributed by atoms with Crippen LogP contribution in [0.25, 0.3) is 0 Å². The second kappa shape index (κ2) is 6.79. The molecular formula is C25H27N3O5. The first kappa shape index (κ1) is 21.4. The van der Waals surface area contributed by atoms with E-state index >= 15 is 0 Å². The summed E-state index contributed by atoms with van der Waals surface area (Å²) in [5.74, 6) is -1.13. The van der Waals surface area contributed by atoms with Crippen LogP contribution in [0.3, 0.4) is 0 Å². The molecule has 1 aromatic carbocycles. The van der Waals surface area contributed by atoms with E-state index in [9.17, 15) is 24.3 Å². The zero-order valence-electron chi connectivity index (χ0n) is 19.4. The molecule has 0 spiro atoms. The van der Waals surface area contributed by atoms with E-state index in [2.05, 4.69) is 0 Å². The minimum atomic E-state index is -1.03. The number of fused-ring (bicyclic) bond motifs is 4. The second-order valence-corrected chi connectivity index (χ2v) is 9.83. The van der Waals surface area contributed by atoms with E-state index in [1.807, 2.05) is 25.1 Å².